The fourth-order valence-electron chi connectivity index (χ4n) is 1.28. The molecule has 1 aromatic carbocycles. The average Bonchev–Trinajstić information content (AvgIpc) is 2.30. The molecule has 0 radical (unpaired) electrons. The number of hydrogen-bond acceptors (Lipinski definition) is 3. The van der Waals surface area contributed by atoms with Crippen molar-refractivity contribution in [3.63, 3.8) is 0 Å². The fourth-order valence-corrected chi connectivity index (χ4v) is 1.75. The van der Waals surface area contributed by atoms with E-state index in [1.165, 1.54) is 0 Å². The summed E-state index contributed by atoms with van der Waals surface area (Å²) < 4.78 is 11.7. The van der Waals surface area contributed by atoms with Crippen molar-refractivity contribution in [3.8, 4) is 11.5 Å². The van der Waals surface area contributed by atoms with Gasteiger partial charge >= 0.3 is 0 Å². The Labute approximate surface area is 105 Å². The predicted octanol–water partition coefficient (Wildman–Crippen LogP) is 2.84. The van der Waals surface area contributed by atoms with Crippen LogP contribution in [0.3, 0.4) is 0 Å². The normalized spacial score (nSPS) is 10.2. The first kappa shape index (κ1) is 13.3. The zero-order valence-electron chi connectivity index (χ0n) is 9.75. The van der Waals surface area contributed by atoms with Crippen molar-refractivity contribution >= 4 is 15.9 Å². The summed E-state index contributed by atoms with van der Waals surface area (Å²) in [5.41, 5.74) is 0. The Morgan fingerprint density at radius 1 is 1.38 bits per heavy atom. The van der Waals surface area contributed by atoms with Gasteiger partial charge in [0.25, 0.3) is 0 Å². The van der Waals surface area contributed by atoms with E-state index in [0.717, 1.165) is 42.1 Å². The molecule has 0 unspecified atom stereocenters. The predicted molar refractivity (Wildman–Crippen MR) is 69.3 cm³/mol. The van der Waals surface area contributed by atoms with Crippen LogP contribution in [-0.4, -0.2) is 26.8 Å². The van der Waals surface area contributed by atoms with Crippen molar-refractivity contribution in [2.24, 2.45) is 0 Å². The monoisotopic (exact) mass is 287 g/mol. The second-order valence-corrected chi connectivity index (χ2v) is 4.21. The molecule has 0 saturated heterocycles. The van der Waals surface area contributed by atoms with Crippen LogP contribution in [0.5, 0.6) is 11.5 Å². The SMILES string of the molecule is CCNCCCOc1ccc(OC)cc1Br. The molecule has 1 aromatic rings. The maximum atomic E-state index is 5.64. The van der Waals surface area contributed by atoms with Gasteiger partial charge in [-0.05, 0) is 53.6 Å². The van der Waals surface area contributed by atoms with Gasteiger partial charge < -0.3 is 14.8 Å². The molecule has 0 spiro atoms. The molecule has 0 saturated carbocycles. The van der Waals surface area contributed by atoms with Crippen molar-refractivity contribution in [1.82, 2.24) is 5.32 Å². The van der Waals surface area contributed by atoms with E-state index in [1.807, 2.05) is 18.2 Å². The molecule has 0 aromatic heterocycles. The van der Waals surface area contributed by atoms with Gasteiger partial charge in [-0.1, -0.05) is 6.92 Å². The number of nitrogens with one attached hydrogen (secondary N) is 1. The van der Waals surface area contributed by atoms with Crippen LogP contribution in [0.1, 0.15) is 13.3 Å². The lowest BCUT2D eigenvalue weighted by molar-refractivity contribution is 0.306. The van der Waals surface area contributed by atoms with Gasteiger partial charge in [-0.15, -0.1) is 0 Å². The van der Waals surface area contributed by atoms with Gasteiger partial charge in [0.15, 0.2) is 0 Å². The molecule has 0 amide bonds. The first-order chi connectivity index (χ1) is 7.77. The Bertz CT molecular complexity index is 318. The molecule has 0 bridgehead atoms. The van der Waals surface area contributed by atoms with E-state index >= 15 is 0 Å². The van der Waals surface area contributed by atoms with Gasteiger partial charge in [-0.3, -0.25) is 0 Å². The van der Waals surface area contributed by atoms with E-state index < -0.39 is 0 Å². The molecule has 90 valence electrons. The molecule has 1 N–H and O–H groups in total. The van der Waals surface area contributed by atoms with Crippen molar-refractivity contribution < 1.29 is 9.47 Å². The number of ether oxygens (including phenoxy) is 2. The molecular weight excluding hydrogens is 270 g/mol. The van der Waals surface area contributed by atoms with Gasteiger partial charge in [0.1, 0.15) is 11.5 Å². The second-order valence-electron chi connectivity index (χ2n) is 3.35. The summed E-state index contributed by atoms with van der Waals surface area (Å²) in [7, 11) is 1.65. The quantitative estimate of drug-likeness (QED) is 0.783. The summed E-state index contributed by atoms with van der Waals surface area (Å²) in [4.78, 5) is 0. The highest BCUT2D eigenvalue weighted by atomic mass is 79.9. The number of hydrogen-bond donors (Lipinski definition) is 1. The number of halogens is 1. The molecule has 0 aliphatic carbocycles. The smallest absolute Gasteiger partial charge is 0.133 e. The first-order valence-corrected chi connectivity index (χ1v) is 6.24. The third-order valence-electron chi connectivity index (χ3n) is 2.14. The summed E-state index contributed by atoms with van der Waals surface area (Å²) in [6.07, 6.45) is 1.01. The summed E-state index contributed by atoms with van der Waals surface area (Å²) in [5, 5.41) is 3.26. The molecule has 16 heavy (non-hydrogen) atoms. The third kappa shape index (κ3) is 4.41. The summed E-state index contributed by atoms with van der Waals surface area (Å²) >= 11 is 3.45. The molecule has 0 atom stereocenters. The Hall–Kier alpha value is -0.740. The Morgan fingerprint density at radius 2 is 2.19 bits per heavy atom. The van der Waals surface area contributed by atoms with Crippen molar-refractivity contribution in [1.29, 1.82) is 0 Å². The van der Waals surface area contributed by atoms with Crippen LogP contribution in [0, 0.1) is 0 Å². The largest absolute Gasteiger partial charge is 0.497 e. The lowest BCUT2D eigenvalue weighted by Crippen LogP contribution is -2.16. The van der Waals surface area contributed by atoms with Crippen LogP contribution in [0.2, 0.25) is 0 Å². The summed E-state index contributed by atoms with van der Waals surface area (Å²) in [6.45, 7) is 4.81. The molecule has 4 heteroatoms. The van der Waals surface area contributed by atoms with Gasteiger partial charge in [0.2, 0.25) is 0 Å². The van der Waals surface area contributed by atoms with Crippen LogP contribution < -0.4 is 14.8 Å². The molecule has 0 heterocycles. The van der Waals surface area contributed by atoms with Gasteiger partial charge in [0, 0.05) is 0 Å². The standard InChI is InChI=1S/C12H18BrNO2/c1-3-14-7-4-8-16-12-6-5-10(15-2)9-11(12)13/h5-6,9,14H,3-4,7-8H2,1-2H3. The lowest BCUT2D eigenvalue weighted by Gasteiger charge is -2.09. The number of methoxy groups -OCH3 is 1. The van der Waals surface area contributed by atoms with E-state index in [9.17, 15) is 0 Å². The summed E-state index contributed by atoms with van der Waals surface area (Å²) in [6, 6.07) is 5.71. The highest BCUT2D eigenvalue weighted by Crippen LogP contribution is 2.29. The molecule has 1 rings (SSSR count). The minimum absolute atomic E-state index is 0.720. The lowest BCUT2D eigenvalue weighted by atomic mass is 10.3. The van der Waals surface area contributed by atoms with Gasteiger partial charge in [0.05, 0.1) is 18.2 Å². The molecule has 0 aliphatic rings. The van der Waals surface area contributed by atoms with E-state index in [0.29, 0.717) is 0 Å². The zero-order chi connectivity index (χ0) is 11.8. The van der Waals surface area contributed by atoms with E-state index in [2.05, 4.69) is 28.2 Å². The van der Waals surface area contributed by atoms with Gasteiger partial charge in [-0.2, -0.15) is 0 Å². The molecule has 0 aliphatic heterocycles. The fraction of sp³-hybridized carbons (Fsp3) is 0.500. The average molecular weight is 288 g/mol. The maximum Gasteiger partial charge on any atom is 0.133 e. The van der Waals surface area contributed by atoms with Crippen LogP contribution >= 0.6 is 15.9 Å². The van der Waals surface area contributed by atoms with Crippen molar-refractivity contribution in [2.45, 2.75) is 13.3 Å². The first-order valence-electron chi connectivity index (χ1n) is 5.45. The van der Waals surface area contributed by atoms with Crippen LogP contribution in [-0.2, 0) is 0 Å². The Balaban J connectivity index is 2.36. The Morgan fingerprint density at radius 3 is 2.81 bits per heavy atom. The summed E-state index contributed by atoms with van der Waals surface area (Å²) in [5.74, 6) is 1.68. The van der Waals surface area contributed by atoms with Crippen LogP contribution in [0.4, 0.5) is 0 Å². The van der Waals surface area contributed by atoms with Crippen LogP contribution in [0.15, 0.2) is 22.7 Å². The molecule has 0 fully saturated rings. The highest BCUT2D eigenvalue weighted by Gasteiger charge is 2.02. The zero-order valence-corrected chi connectivity index (χ0v) is 11.3. The minimum Gasteiger partial charge on any atom is -0.497 e. The number of benzene rings is 1. The topological polar surface area (TPSA) is 30.5 Å². The number of rotatable bonds is 7. The third-order valence-corrected chi connectivity index (χ3v) is 2.76. The highest BCUT2D eigenvalue weighted by molar-refractivity contribution is 9.10. The second kappa shape index (κ2) is 7.52. The van der Waals surface area contributed by atoms with E-state index in [1.54, 1.807) is 7.11 Å². The van der Waals surface area contributed by atoms with E-state index in [-0.39, 0.29) is 0 Å². The van der Waals surface area contributed by atoms with Gasteiger partial charge in [-0.25, -0.2) is 0 Å². The molecular formula is C12H18BrNO2. The maximum absolute atomic E-state index is 5.64. The molecule has 3 nitrogen and oxygen atoms in total. The van der Waals surface area contributed by atoms with Crippen molar-refractivity contribution in [2.75, 3.05) is 26.8 Å². The minimum atomic E-state index is 0.720. The van der Waals surface area contributed by atoms with E-state index in [4.69, 9.17) is 9.47 Å². The van der Waals surface area contributed by atoms with Crippen LogP contribution in [0.25, 0.3) is 0 Å². The Kier molecular flexibility index (Phi) is 6.26. The van der Waals surface area contributed by atoms with Crippen molar-refractivity contribution in [3.05, 3.63) is 22.7 Å².